The maximum Gasteiger partial charge on any atom is 0 e. The van der Waals surface area contributed by atoms with Crippen molar-refractivity contribution in [1.29, 1.82) is 0 Å². The first-order valence-electron chi connectivity index (χ1n) is 0. The minimum absolute atomic E-state index is 0. The minimum atomic E-state index is 0. The Balaban J connectivity index is 0. The van der Waals surface area contributed by atoms with Gasteiger partial charge in [-0.2, -0.15) is 0 Å². The van der Waals surface area contributed by atoms with E-state index in [-0.39, 0.29) is 36.2 Å². The molecule has 3 radical (unpaired) electrons. The van der Waals surface area contributed by atoms with Gasteiger partial charge in [-0.25, -0.2) is 0 Å². The van der Waals surface area contributed by atoms with Crippen molar-refractivity contribution in [3.8, 4) is 0 Å². The standard InChI is InChI=1S/Ga.3H2O/h;3*1H2. The van der Waals surface area contributed by atoms with Gasteiger partial charge in [-0.3, -0.25) is 0 Å². The summed E-state index contributed by atoms with van der Waals surface area (Å²) in [6, 6.07) is 0. The van der Waals surface area contributed by atoms with Gasteiger partial charge in [0.2, 0.25) is 0 Å². The van der Waals surface area contributed by atoms with E-state index in [2.05, 4.69) is 0 Å². The summed E-state index contributed by atoms with van der Waals surface area (Å²) in [6.45, 7) is 0. The quantitative estimate of drug-likeness (QED) is 0.310. The van der Waals surface area contributed by atoms with E-state index in [1.54, 1.807) is 0 Å². The van der Waals surface area contributed by atoms with Crippen LogP contribution in [0.3, 0.4) is 0 Å². The van der Waals surface area contributed by atoms with Crippen molar-refractivity contribution in [2.45, 2.75) is 0 Å². The van der Waals surface area contributed by atoms with Crippen molar-refractivity contribution >= 4 is 19.8 Å². The average molecular weight is 124 g/mol. The van der Waals surface area contributed by atoms with E-state index in [1.807, 2.05) is 0 Å². The fourth-order valence-electron chi connectivity index (χ4n) is 0. The zero-order valence-corrected chi connectivity index (χ0v) is 4.50. The number of rotatable bonds is 0. The summed E-state index contributed by atoms with van der Waals surface area (Å²) in [5.74, 6) is 0. The van der Waals surface area contributed by atoms with Crippen LogP contribution in [0.4, 0.5) is 0 Å². The second kappa shape index (κ2) is 83.5. The van der Waals surface area contributed by atoms with Gasteiger partial charge in [0.25, 0.3) is 0 Å². The zero-order valence-electron chi connectivity index (χ0n) is 2.08. The molecule has 0 amide bonds. The summed E-state index contributed by atoms with van der Waals surface area (Å²) in [6.07, 6.45) is 0. The first-order chi connectivity index (χ1) is 0. The molecule has 0 saturated heterocycles. The molecule has 0 aromatic carbocycles. The van der Waals surface area contributed by atoms with Gasteiger partial charge >= 0.3 is 0 Å². The van der Waals surface area contributed by atoms with E-state index in [9.17, 15) is 0 Å². The third-order valence-electron chi connectivity index (χ3n) is 0. The van der Waals surface area contributed by atoms with Crippen molar-refractivity contribution in [3.63, 3.8) is 0 Å². The van der Waals surface area contributed by atoms with E-state index in [0.29, 0.717) is 0 Å². The predicted octanol–water partition coefficient (Wildman–Crippen LogP) is -2.85. The zero-order chi connectivity index (χ0) is 0. The van der Waals surface area contributed by atoms with Gasteiger partial charge in [-0.15, -0.1) is 0 Å². The van der Waals surface area contributed by atoms with Crippen LogP contribution in [-0.2, 0) is 0 Å². The van der Waals surface area contributed by atoms with Crippen molar-refractivity contribution in [2.24, 2.45) is 0 Å². The molecule has 0 aromatic heterocycles. The van der Waals surface area contributed by atoms with Crippen LogP contribution in [0.1, 0.15) is 0 Å². The van der Waals surface area contributed by atoms with E-state index >= 15 is 0 Å². The normalized spacial score (nSPS) is 0. The summed E-state index contributed by atoms with van der Waals surface area (Å²) in [4.78, 5) is 0. The molecule has 0 saturated carbocycles. The van der Waals surface area contributed by atoms with Gasteiger partial charge in [0.05, 0.1) is 0 Å². The number of hydrogen-bond donors (Lipinski definition) is 0. The largest absolute Gasteiger partial charge is 0.412 e. The molecule has 4 heteroatoms. The molecule has 0 heterocycles. The maximum atomic E-state index is 0. The average Bonchev–Trinajstić information content (AvgIpc) is 0. The van der Waals surface area contributed by atoms with Gasteiger partial charge < -0.3 is 16.4 Å². The van der Waals surface area contributed by atoms with Crippen molar-refractivity contribution in [2.75, 3.05) is 0 Å². The van der Waals surface area contributed by atoms with Gasteiger partial charge in [0.15, 0.2) is 0 Å². The number of hydrogen-bond acceptors (Lipinski definition) is 0. The topological polar surface area (TPSA) is 94.5 Å². The second-order valence-electron chi connectivity index (χ2n) is 0. The van der Waals surface area contributed by atoms with Gasteiger partial charge in [0.1, 0.15) is 0 Å². The minimum Gasteiger partial charge on any atom is -0.412 e. The van der Waals surface area contributed by atoms with Crippen LogP contribution in [0.25, 0.3) is 0 Å². The first-order valence-corrected chi connectivity index (χ1v) is 0. The molecule has 0 aromatic rings. The van der Waals surface area contributed by atoms with E-state index in [4.69, 9.17) is 0 Å². The van der Waals surface area contributed by atoms with Crippen LogP contribution in [-0.4, -0.2) is 36.2 Å². The SMILES string of the molecule is O.O.O.[Ga]. The molecule has 0 unspecified atom stereocenters. The molecule has 0 aliphatic carbocycles. The molecular formula is H6GaO3. The Hall–Kier alpha value is 0.516. The summed E-state index contributed by atoms with van der Waals surface area (Å²) >= 11 is 0. The summed E-state index contributed by atoms with van der Waals surface area (Å²) in [5, 5.41) is 0. The van der Waals surface area contributed by atoms with Crippen LogP contribution >= 0.6 is 0 Å². The molecule has 0 fully saturated rings. The smallest absolute Gasteiger partial charge is 0 e. The molecule has 0 rings (SSSR count). The first kappa shape index (κ1) is 209. The Labute approximate surface area is 37.0 Å². The van der Waals surface area contributed by atoms with Crippen LogP contribution in [0.5, 0.6) is 0 Å². The molecule has 0 spiro atoms. The predicted molar refractivity (Wildman–Crippen MR) is 16.6 cm³/mol. The molecule has 0 atom stereocenters. The van der Waals surface area contributed by atoms with Gasteiger partial charge in [-0.05, 0) is 0 Å². The fourth-order valence-corrected chi connectivity index (χ4v) is 0. The molecule has 6 N–H and O–H groups in total. The van der Waals surface area contributed by atoms with Crippen LogP contribution in [0.2, 0.25) is 0 Å². The summed E-state index contributed by atoms with van der Waals surface area (Å²) < 4.78 is 0. The molecule has 0 aliphatic rings. The van der Waals surface area contributed by atoms with E-state index in [1.165, 1.54) is 0 Å². The van der Waals surface area contributed by atoms with Crippen molar-refractivity contribution < 1.29 is 16.4 Å². The third kappa shape index (κ3) is 21.7. The van der Waals surface area contributed by atoms with Crippen molar-refractivity contribution in [3.05, 3.63) is 0 Å². The molecule has 0 bridgehead atoms. The Bertz CT molecular complexity index is 3.25. The van der Waals surface area contributed by atoms with Gasteiger partial charge in [-0.1, -0.05) is 0 Å². The summed E-state index contributed by atoms with van der Waals surface area (Å²) in [7, 11) is 0. The van der Waals surface area contributed by atoms with Gasteiger partial charge in [0, 0.05) is 19.8 Å². The molecule has 27 valence electrons. The Kier molecular flexibility index (Phi) is 4370. The Morgan fingerprint density at radius 2 is 0.500 bits per heavy atom. The Morgan fingerprint density at radius 3 is 0.500 bits per heavy atom. The monoisotopic (exact) mass is 123 g/mol. The van der Waals surface area contributed by atoms with Crippen LogP contribution in [0.15, 0.2) is 0 Å². The molecule has 3 nitrogen and oxygen atoms in total. The third-order valence-corrected chi connectivity index (χ3v) is 0. The molecule has 4 heavy (non-hydrogen) atoms. The molecule has 0 aliphatic heterocycles. The van der Waals surface area contributed by atoms with E-state index < -0.39 is 0 Å². The Morgan fingerprint density at radius 1 is 0.500 bits per heavy atom. The van der Waals surface area contributed by atoms with Crippen LogP contribution in [0, 0.1) is 0 Å². The second-order valence-corrected chi connectivity index (χ2v) is 0. The molecular weight excluding hydrogens is 118 g/mol. The maximum absolute atomic E-state index is 0. The van der Waals surface area contributed by atoms with E-state index in [0.717, 1.165) is 0 Å². The summed E-state index contributed by atoms with van der Waals surface area (Å²) in [5.41, 5.74) is 0. The fraction of sp³-hybridized carbons (Fsp3) is 0. The van der Waals surface area contributed by atoms with Crippen molar-refractivity contribution in [1.82, 2.24) is 0 Å². The van der Waals surface area contributed by atoms with Crippen LogP contribution < -0.4 is 0 Å².